The number of amides is 1. The molecule has 0 bridgehead atoms. The van der Waals surface area contributed by atoms with E-state index in [1.165, 1.54) is 12.1 Å². The van der Waals surface area contributed by atoms with E-state index in [-0.39, 0.29) is 16.6 Å². The van der Waals surface area contributed by atoms with E-state index in [9.17, 15) is 13.6 Å². The maximum Gasteiger partial charge on any atom is 0.230 e. The molecule has 0 spiro atoms. The number of carbonyl (C=O) groups excluding carboxylic acids is 1. The van der Waals surface area contributed by atoms with Crippen LogP contribution in [0.5, 0.6) is 0 Å². The fraction of sp³-hybridized carbons (Fsp3) is 0.368. The summed E-state index contributed by atoms with van der Waals surface area (Å²) >= 11 is 1.04. The highest BCUT2D eigenvalue weighted by Gasteiger charge is 2.15. The van der Waals surface area contributed by atoms with Gasteiger partial charge in [-0.15, -0.1) is 11.8 Å². The van der Waals surface area contributed by atoms with Crippen molar-refractivity contribution < 1.29 is 13.6 Å². The van der Waals surface area contributed by atoms with Gasteiger partial charge in [0.1, 0.15) is 17.5 Å². The number of hydrogen-bond donors (Lipinski definition) is 1. The van der Waals surface area contributed by atoms with E-state index in [0.717, 1.165) is 55.4 Å². The molecule has 3 rings (SSSR count). The third-order valence-electron chi connectivity index (χ3n) is 4.38. The van der Waals surface area contributed by atoms with E-state index in [1.807, 2.05) is 12.1 Å². The number of rotatable bonds is 6. The van der Waals surface area contributed by atoms with Crippen molar-refractivity contribution in [3.63, 3.8) is 0 Å². The summed E-state index contributed by atoms with van der Waals surface area (Å²) in [4.78, 5) is 21.2. The van der Waals surface area contributed by atoms with Gasteiger partial charge in [-0.05, 0) is 30.8 Å². The average Bonchev–Trinajstić information content (AvgIpc) is 2.67. The number of anilines is 1. The predicted molar refractivity (Wildman–Crippen MR) is 103 cm³/mol. The van der Waals surface area contributed by atoms with Crippen LogP contribution in [0.25, 0.3) is 0 Å². The molecule has 1 N–H and O–H groups in total. The number of pyridine rings is 1. The Bertz CT molecular complexity index is 780. The summed E-state index contributed by atoms with van der Waals surface area (Å²) in [6.45, 7) is 4.31. The first-order valence-corrected chi connectivity index (χ1v) is 9.73. The summed E-state index contributed by atoms with van der Waals surface area (Å²) in [6, 6.07) is 7.25. The van der Waals surface area contributed by atoms with Gasteiger partial charge in [0.05, 0.1) is 5.75 Å². The van der Waals surface area contributed by atoms with Gasteiger partial charge in [-0.2, -0.15) is 0 Å². The van der Waals surface area contributed by atoms with Crippen LogP contribution in [-0.2, 0) is 11.3 Å². The number of carbonyl (C=O) groups is 1. The molecule has 1 aliphatic rings. The van der Waals surface area contributed by atoms with Crippen molar-refractivity contribution in [1.29, 1.82) is 0 Å². The second-order valence-corrected chi connectivity index (χ2v) is 7.47. The molecule has 1 aliphatic heterocycles. The van der Waals surface area contributed by atoms with Crippen LogP contribution in [0.1, 0.15) is 5.56 Å². The van der Waals surface area contributed by atoms with Crippen LogP contribution < -0.4 is 10.2 Å². The second kappa shape index (κ2) is 9.14. The van der Waals surface area contributed by atoms with Crippen molar-refractivity contribution >= 4 is 23.5 Å². The number of thioether (sulfide) groups is 1. The molecule has 1 aromatic carbocycles. The summed E-state index contributed by atoms with van der Waals surface area (Å²) in [5, 5.41) is 2.79. The fourth-order valence-corrected chi connectivity index (χ4v) is 3.48. The second-order valence-electron chi connectivity index (χ2n) is 6.46. The van der Waals surface area contributed by atoms with Crippen molar-refractivity contribution in [2.45, 2.75) is 11.4 Å². The molecule has 1 fully saturated rings. The van der Waals surface area contributed by atoms with Crippen molar-refractivity contribution in [2.24, 2.45) is 0 Å². The van der Waals surface area contributed by atoms with Gasteiger partial charge in [-0.25, -0.2) is 13.8 Å². The van der Waals surface area contributed by atoms with E-state index >= 15 is 0 Å². The summed E-state index contributed by atoms with van der Waals surface area (Å²) in [7, 11) is 2.11. The van der Waals surface area contributed by atoms with Gasteiger partial charge in [-0.1, -0.05) is 6.07 Å². The molecule has 5 nitrogen and oxygen atoms in total. The van der Waals surface area contributed by atoms with Crippen LogP contribution in [0, 0.1) is 11.6 Å². The SMILES string of the molecule is CN1CCN(c2ccc(CNC(=O)CSc3ccc(F)cc3F)cn2)CC1. The fourth-order valence-electron chi connectivity index (χ4n) is 2.73. The van der Waals surface area contributed by atoms with E-state index in [2.05, 4.69) is 27.1 Å². The molecule has 144 valence electrons. The van der Waals surface area contributed by atoms with Crippen molar-refractivity contribution in [3.05, 3.63) is 53.7 Å². The summed E-state index contributed by atoms with van der Waals surface area (Å²) in [5.41, 5.74) is 0.902. The number of piperazine rings is 1. The molecule has 0 unspecified atom stereocenters. The highest BCUT2D eigenvalue weighted by molar-refractivity contribution is 8.00. The van der Waals surface area contributed by atoms with Crippen LogP contribution in [0.15, 0.2) is 41.4 Å². The highest BCUT2D eigenvalue weighted by atomic mass is 32.2. The van der Waals surface area contributed by atoms with Crippen LogP contribution in [0.4, 0.5) is 14.6 Å². The smallest absolute Gasteiger partial charge is 0.230 e. The number of aromatic nitrogens is 1. The molecule has 1 saturated heterocycles. The molecular formula is C19H22F2N4OS. The molecule has 0 saturated carbocycles. The van der Waals surface area contributed by atoms with Gasteiger partial charge in [0.25, 0.3) is 0 Å². The van der Waals surface area contributed by atoms with Crippen LogP contribution in [-0.4, -0.2) is 54.8 Å². The Balaban J connectivity index is 1.44. The number of nitrogens with one attached hydrogen (secondary N) is 1. The van der Waals surface area contributed by atoms with E-state index in [4.69, 9.17) is 0 Å². The van der Waals surface area contributed by atoms with E-state index in [0.29, 0.717) is 6.54 Å². The number of hydrogen-bond acceptors (Lipinski definition) is 5. The molecule has 0 aliphatic carbocycles. The van der Waals surface area contributed by atoms with Crippen LogP contribution >= 0.6 is 11.8 Å². The van der Waals surface area contributed by atoms with Crippen LogP contribution in [0.3, 0.4) is 0 Å². The topological polar surface area (TPSA) is 48.5 Å². The highest BCUT2D eigenvalue weighted by Crippen LogP contribution is 2.22. The lowest BCUT2D eigenvalue weighted by molar-refractivity contribution is -0.118. The maximum absolute atomic E-state index is 13.6. The minimum atomic E-state index is -0.656. The molecule has 1 aromatic heterocycles. The van der Waals surface area contributed by atoms with Gasteiger partial charge < -0.3 is 15.1 Å². The van der Waals surface area contributed by atoms with Gasteiger partial charge >= 0.3 is 0 Å². The largest absolute Gasteiger partial charge is 0.354 e. The van der Waals surface area contributed by atoms with E-state index in [1.54, 1.807) is 6.20 Å². The quantitative estimate of drug-likeness (QED) is 0.766. The number of nitrogens with zero attached hydrogens (tertiary/aromatic N) is 3. The van der Waals surface area contributed by atoms with Crippen molar-refractivity contribution in [3.8, 4) is 0 Å². The van der Waals surface area contributed by atoms with Crippen LogP contribution in [0.2, 0.25) is 0 Å². The summed E-state index contributed by atoms with van der Waals surface area (Å²) in [5.74, 6) is -0.493. The van der Waals surface area contributed by atoms with Gasteiger partial charge in [0, 0.05) is 49.9 Å². The Morgan fingerprint density at radius 3 is 2.63 bits per heavy atom. The third-order valence-corrected chi connectivity index (χ3v) is 5.43. The Kier molecular flexibility index (Phi) is 6.63. The lowest BCUT2D eigenvalue weighted by Crippen LogP contribution is -2.44. The monoisotopic (exact) mass is 392 g/mol. The maximum atomic E-state index is 13.6. The molecule has 0 atom stereocenters. The molecular weight excluding hydrogens is 370 g/mol. The zero-order valence-corrected chi connectivity index (χ0v) is 15.9. The molecule has 27 heavy (non-hydrogen) atoms. The minimum Gasteiger partial charge on any atom is -0.354 e. The Morgan fingerprint density at radius 1 is 1.19 bits per heavy atom. The number of halogens is 2. The molecule has 0 radical (unpaired) electrons. The average molecular weight is 392 g/mol. The first-order valence-electron chi connectivity index (χ1n) is 8.74. The molecule has 1 amide bonds. The lowest BCUT2D eigenvalue weighted by atomic mass is 10.2. The summed E-state index contributed by atoms with van der Waals surface area (Å²) < 4.78 is 26.4. The molecule has 2 aromatic rings. The van der Waals surface area contributed by atoms with Gasteiger partial charge in [-0.3, -0.25) is 4.79 Å². The predicted octanol–water partition coefficient (Wildman–Crippen LogP) is 2.52. The lowest BCUT2D eigenvalue weighted by Gasteiger charge is -2.33. The first kappa shape index (κ1) is 19.6. The molecule has 2 heterocycles. The third kappa shape index (κ3) is 5.64. The Hall–Kier alpha value is -2.19. The summed E-state index contributed by atoms with van der Waals surface area (Å²) in [6.07, 6.45) is 1.76. The van der Waals surface area contributed by atoms with Crippen molar-refractivity contribution in [2.75, 3.05) is 43.9 Å². The van der Waals surface area contributed by atoms with Crippen molar-refractivity contribution in [1.82, 2.24) is 15.2 Å². The number of likely N-dealkylation sites (N-methyl/N-ethyl adjacent to an activating group) is 1. The Morgan fingerprint density at radius 2 is 1.96 bits per heavy atom. The first-order chi connectivity index (χ1) is 13.0. The number of benzene rings is 1. The molecule has 8 heteroatoms. The minimum absolute atomic E-state index is 0.0648. The zero-order chi connectivity index (χ0) is 19.2. The standard InChI is InChI=1S/C19H22F2N4OS/c1-24-6-8-25(9-7-24)18-5-2-14(11-22-18)12-23-19(26)13-27-17-4-3-15(20)10-16(17)21/h2-5,10-11H,6-9,12-13H2,1H3,(H,23,26). The van der Waals surface area contributed by atoms with Gasteiger partial charge in [0.2, 0.25) is 5.91 Å². The van der Waals surface area contributed by atoms with Gasteiger partial charge in [0.15, 0.2) is 0 Å². The Labute approximate surface area is 161 Å². The zero-order valence-electron chi connectivity index (χ0n) is 15.1. The van der Waals surface area contributed by atoms with E-state index < -0.39 is 11.6 Å². The normalized spacial score (nSPS) is 15.0.